The summed E-state index contributed by atoms with van der Waals surface area (Å²) in [5.41, 5.74) is 7.65. The largest absolute Gasteiger partial charge is 0.397 e. The smallest absolute Gasteiger partial charge is 0.217 e. The molecule has 0 unspecified atom stereocenters. The maximum atomic E-state index is 11.2. The molecule has 0 spiro atoms. The van der Waals surface area contributed by atoms with Crippen molar-refractivity contribution in [2.75, 3.05) is 11.1 Å². The predicted molar refractivity (Wildman–Crippen MR) is 74.3 cm³/mol. The van der Waals surface area contributed by atoms with E-state index in [2.05, 4.69) is 10.6 Å². The molecule has 0 radical (unpaired) electrons. The molecule has 1 aromatic carbocycles. The van der Waals surface area contributed by atoms with Crippen molar-refractivity contribution in [2.45, 2.75) is 44.7 Å². The number of carbonyl (C=O) groups excluding carboxylic acids is 1. The second kappa shape index (κ2) is 5.76. The number of nitrogens with two attached hydrogens (primary N) is 1. The average Bonchev–Trinajstić information content (AvgIpc) is 2.34. The van der Waals surface area contributed by atoms with Crippen molar-refractivity contribution in [2.24, 2.45) is 0 Å². The number of nitrogen functional groups attached to an aromatic ring is 1. The fourth-order valence-corrected chi connectivity index (χ4v) is 2.57. The monoisotopic (exact) mass is 247 g/mol. The first kappa shape index (κ1) is 12.7. The van der Waals surface area contributed by atoms with E-state index in [1.807, 2.05) is 24.3 Å². The number of nitrogens with one attached hydrogen (secondary N) is 2. The summed E-state index contributed by atoms with van der Waals surface area (Å²) in [5, 5.41) is 6.49. The summed E-state index contributed by atoms with van der Waals surface area (Å²) in [6.07, 6.45) is 4.47. The van der Waals surface area contributed by atoms with Crippen LogP contribution in [0, 0.1) is 0 Å². The highest BCUT2D eigenvalue weighted by Gasteiger charge is 2.25. The summed E-state index contributed by atoms with van der Waals surface area (Å²) in [6.45, 7) is 1.57. The molecular formula is C14H21N3O. The summed E-state index contributed by atoms with van der Waals surface area (Å²) in [4.78, 5) is 11.2. The van der Waals surface area contributed by atoms with Crippen molar-refractivity contribution in [1.82, 2.24) is 5.32 Å². The summed E-state index contributed by atoms with van der Waals surface area (Å²) < 4.78 is 0. The Labute approximate surface area is 108 Å². The summed E-state index contributed by atoms with van der Waals surface area (Å²) in [6, 6.07) is 8.23. The first-order valence-corrected chi connectivity index (χ1v) is 6.55. The molecule has 0 saturated heterocycles. The number of para-hydroxylation sites is 2. The van der Waals surface area contributed by atoms with Crippen molar-refractivity contribution in [1.29, 1.82) is 0 Å². The van der Waals surface area contributed by atoms with Crippen molar-refractivity contribution in [3.05, 3.63) is 24.3 Å². The summed E-state index contributed by atoms with van der Waals surface area (Å²) >= 11 is 0. The molecule has 1 aliphatic carbocycles. The second-order valence-electron chi connectivity index (χ2n) is 4.93. The quantitative estimate of drug-likeness (QED) is 0.717. The average molecular weight is 247 g/mol. The van der Waals surface area contributed by atoms with Crippen LogP contribution in [0.3, 0.4) is 0 Å². The van der Waals surface area contributed by atoms with Crippen molar-refractivity contribution < 1.29 is 4.79 Å². The zero-order valence-corrected chi connectivity index (χ0v) is 10.8. The van der Waals surface area contributed by atoms with E-state index < -0.39 is 0 Å². The van der Waals surface area contributed by atoms with Gasteiger partial charge < -0.3 is 16.4 Å². The first-order valence-electron chi connectivity index (χ1n) is 6.55. The van der Waals surface area contributed by atoms with Crippen LogP contribution >= 0.6 is 0 Å². The van der Waals surface area contributed by atoms with E-state index in [4.69, 9.17) is 5.73 Å². The lowest BCUT2D eigenvalue weighted by molar-refractivity contribution is -0.119. The molecule has 0 bridgehead atoms. The molecule has 4 N–H and O–H groups in total. The third-order valence-electron chi connectivity index (χ3n) is 3.46. The Morgan fingerprint density at radius 3 is 2.56 bits per heavy atom. The molecule has 4 nitrogen and oxygen atoms in total. The number of hydrogen-bond donors (Lipinski definition) is 3. The molecule has 1 saturated carbocycles. The number of benzene rings is 1. The van der Waals surface area contributed by atoms with Gasteiger partial charge in [-0.05, 0) is 25.0 Å². The molecule has 4 heteroatoms. The fourth-order valence-electron chi connectivity index (χ4n) is 2.57. The fraction of sp³-hybridized carbons (Fsp3) is 0.500. The van der Waals surface area contributed by atoms with E-state index >= 15 is 0 Å². The van der Waals surface area contributed by atoms with Crippen LogP contribution in [0.25, 0.3) is 0 Å². The van der Waals surface area contributed by atoms with Gasteiger partial charge in [-0.2, -0.15) is 0 Å². The van der Waals surface area contributed by atoms with E-state index in [1.54, 1.807) is 6.92 Å². The summed E-state index contributed by atoms with van der Waals surface area (Å²) in [5.74, 6) is 0.0368. The molecule has 0 aliphatic heterocycles. The predicted octanol–water partition coefficient (Wildman–Crippen LogP) is 2.13. The zero-order valence-electron chi connectivity index (χ0n) is 10.8. The van der Waals surface area contributed by atoms with E-state index in [-0.39, 0.29) is 18.0 Å². The molecule has 1 amide bonds. The van der Waals surface area contributed by atoms with Crippen LogP contribution in [-0.4, -0.2) is 18.0 Å². The second-order valence-corrected chi connectivity index (χ2v) is 4.93. The van der Waals surface area contributed by atoms with Crippen LogP contribution in [-0.2, 0) is 4.79 Å². The van der Waals surface area contributed by atoms with Gasteiger partial charge in [0.25, 0.3) is 0 Å². The number of rotatable bonds is 3. The lowest BCUT2D eigenvalue weighted by atomic mass is 9.90. The lowest BCUT2D eigenvalue weighted by Gasteiger charge is -2.33. The van der Waals surface area contributed by atoms with E-state index in [9.17, 15) is 4.79 Å². The van der Waals surface area contributed by atoms with Crippen molar-refractivity contribution in [3.8, 4) is 0 Å². The SMILES string of the molecule is CC(=O)N[C@H]1CCCC[C@@H]1Nc1ccccc1N. The van der Waals surface area contributed by atoms with E-state index in [0.717, 1.165) is 24.2 Å². The van der Waals surface area contributed by atoms with Crippen LogP contribution in [0.1, 0.15) is 32.6 Å². The minimum Gasteiger partial charge on any atom is -0.397 e. The molecule has 0 heterocycles. The lowest BCUT2D eigenvalue weighted by Crippen LogP contribution is -2.47. The van der Waals surface area contributed by atoms with E-state index in [1.165, 1.54) is 12.8 Å². The third-order valence-corrected chi connectivity index (χ3v) is 3.46. The Morgan fingerprint density at radius 2 is 1.89 bits per heavy atom. The van der Waals surface area contributed by atoms with Crippen LogP contribution in [0.2, 0.25) is 0 Å². The van der Waals surface area contributed by atoms with Gasteiger partial charge in [0.2, 0.25) is 5.91 Å². The molecule has 1 fully saturated rings. The van der Waals surface area contributed by atoms with Gasteiger partial charge in [-0.25, -0.2) is 0 Å². The Bertz CT molecular complexity index is 419. The molecule has 1 aromatic rings. The van der Waals surface area contributed by atoms with Crippen LogP contribution in [0.15, 0.2) is 24.3 Å². The topological polar surface area (TPSA) is 67.2 Å². The molecule has 2 rings (SSSR count). The van der Waals surface area contributed by atoms with E-state index in [0.29, 0.717) is 0 Å². The summed E-state index contributed by atoms with van der Waals surface area (Å²) in [7, 11) is 0. The molecule has 98 valence electrons. The van der Waals surface area contributed by atoms with Crippen LogP contribution < -0.4 is 16.4 Å². The van der Waals surface area contributed by atoms with Gasteiger partial charge >= 0.3 is 0 Å². The maximum Gasteiger partial charge on any atom is 0.217 e. The van der Waals surface area contributed by atoms with Gasteiger partial charge in [0.15, 0.2) is 0 Å². The molecule has 2 atom stereocenters. The Hall–Kier alpha value is -1.71. The van der Waals surface area contributed by atoms with Crippen LogP contribution in [0.5, 0.6) is 0 Å². The Kier molecular flexibility index (Phi) is 4.07. The highest BCUT2D eigenvalue weighted by atomic mass is 16.1. The molecular weight excluding hydrogens is 226 g/mol. The minimum absolute atomic E-state index is 0.0368. The molecule has 1 aliphatic rings. The van der Waals surface area contributed by atoms with Crippen molar-refractivity contribution >= 4 is 17.3 Å². The standard InChI is InChI=1S/C14H21N3O/c1-10(18)16-13-8-4-5-9-14(13)17-12-7-3-2-6-11(12)15/h2-3,6-7,13-14,17H,4-5,8-9,15H2,1H3,(H,16,18)/t13-,14-/m0/s1. The number of amides is 1. The minimum atomic E-state index is 0.0368. The highest BCUT2D eigenvalue weighted by molar-refractivity contribution is 5.73. The Balaban J connectivity index is 2.05. The number of anilines is 2. The van der Waals surface area contributed by atoms with Crippen molar-refractivity contribution in [3.63, 3.8) is 0 Å². The number of hydrogen-bond acceptors (Lipinski definition) is 3. The van der Waals surface area contributed by atoms with Gasteiger partial charge in [-0.3, -0.25) is 4.79 Å². The van der Waals surface area contributed by atoms with Crippen LogP contribution in [0.4, 0.5) is 11.4 Å². The first-order chi connectivity index (χ1) is 8.66. The van der Waals surface area contributed by atoms with Gasteiger partial charge in [0, 0.05) is 19.0 Å². The zero-order chi connectivity index (χ0) is 13.0. The van der Waals surface area contributed by atoms with Gasteiger partial charge in [-0.15, -0.1) is 0 Å². The van der Waals surface area contributed by atoms with Gasteiger partial charge in [0.1, 0.15) is 0 Å². The van der Waals surface area contributed by atoms with Gasteiger partial charge in [0.05, 0.1) is 11.4 Å². The molecule has 0 aromatic heterocycles. The normalized spacial score (nSPS) is 23.4. The molecule has 18 heavy (non-hydrogen) atoms. The Morgan fingerprint density at radius 1 is 1.22 bits per heavy atom. The maximum absolute atomic E-state index is 11.2. The third kappa shape index (κ3) is 3.15. The number of carbonyl (C=O) groups is 1. The highest BCUT2D eigenvalue weighted by Crippen LogP contribution is 2.25. The van der Waals surface area contributed by atoms with Gasteiger partial charge in [-0.1, -0.05) is 25.0 Å².